The van der Waals surface area contributed by atoms with Crippen LogP contribution in [0.3, 0.4) is 0 Å². The molecule has 6 heteroatoms. The van der Waals surface area contributed by atoms with Crippen LogP contribution in [-0.2, 0) is 10.2 Å². The molecule has 0 bridgehead atoms. The lowest BCUT2D eigenvalue weighted by atomic mass is 9.94. The number of methoxy groups -OCH3 is 1. The zero-order valence-electron chi connectivity index (χ0n) is 14.2. The fourth-order valence-electron chi connectivity index (χ4n) is 2.98. The third kappa shape index (κ3) is 3.33. The molecule has 1 fully saturated rings. The highest BCUT2D eigenvalue weighted by molar-refractivity contribution is 5.91. The van der Waals surface area contributed by atoms with Crippen molar-refractivity contribution in [3.63, 3.8) is 0 Å². The number of hydrogen-bond donors (Lipinski definition) is 1. The molecule has 1 atom stereocenters. The molecule has 0 radical (unpaired) electrons. The first-order chi connectivity index (χ1) is 12.0. The molecular weight excluding hydrogens is 320 g/mol. The van der Waals surface area contributed by atoms with Crippen LogP contribution in [0, 0.1) is 10.1 Å². The van der Waals surface area contributed by atoms with E-state index in [9.17, 15) is 14.9 Å². The number of carbonyl (C=O) groups excluding carboxylic acids is 1. The van der Waals surface area contributed by atoms with Gasteiger partial charge in [0.1, 0.15) is 5.75 Å². The topological polar surface area (TPSA) is 81.5 Å². The van der Waals surface area contributed by atoms with Crippen molar-refractivity contribution in [3.8, 4) is 5.75 Å². The average Bonchev–Trinajstić information content (AvgIpc) is 3.44. The van der Waals surface area contributed by atoms with E-state index in [2.05, 4.69) is 5.32 Å². The Labute approximate surface area is 146 Å². The summed E-state index contributed by atoms with van der Waals surface area (Å²) in [5.41, 5.74) is 1.30. The smallest absolute Gasteiger partial charge is 0.269 e. The Morgan fingerprint density at radius 2 is 1.76 bits per heavy atom. The summed E-state index contributed by atoms with van der Waals surface area (Å²) in [5.74, 6) is 0.733. The molecule has 25 heavy (non-hydrogen) atoms. The number of ether oxygens (including phenoxy) is 1. The van der Waals surface area contributed by atoms with E-state index in [1.54, 1.807) is 19.2 Å². The van der Waals surface area contributed by atoms with E-state index < -0.39 is 10.3 Å². The molecule has 130 valence electrons. The van der Waals surface area contributed by atoms with Gasteiger partial charge in [0.05, 0.1) is 23.5 Å². The molecule has 6 nitrogen and oxygen atoms in total. The van der Waals surface area contributed by atoms with Crippen molar-refractivity contribution in [2.75, 3.05) is 7.11 Å². The van der Waals surface area contributed by atoms with Crippen molar-refractivity contribution in [1.29, 1.82) is 0 Å². The molecule has 3 rings (SSSR count). The van der Waals surface area contributed by atoms with Crippen LogP contribution in [0.15, 0.2) is 48.5 Å². The predicted molar refractivity (Wildman–Crippen MR) is 93.6 cm³/mol. The number of non-ortho nitro benzene ring substituents is 1. The summed E-state index contributed by atoms with van der Waals surface area (Å²) in [6.45, 7) is 1.94. The quantitative estimate of drug-likeness (QED) is 0.644. The van der Waals surface area contributed by atoms with Crippen molar-refractivity contribution < 1.29 is 14.5 Å². The highest BCUT2D eigenvalue weighted by Gasteiger charge is 2.51. The van der Waals surface area contributed by atoms with E-state index in [-0.39, 0.29) is 17.6 Å². The Morgan fingerprint density at radius 1 is 1.16 bits per heavy atom. The van der Waals surface area contributed by atoms with Crippen LogP contribution in [0.2, 0.25) is 0 Å². The van der Waals surface area contributed by atoms with Crippen LogP contribution in [0.25, 0.3) is 0 Å². The molecule has 0 aliphatic heterocycles. The summed E-state index contributed by atoms with van der Waals surface area (Å²) in [6.07, 6.45) is 1.51. The Kier molecular flexibility index (Phi) is 4.44. The second-order valence-corrected chi connectivity index (χ2v) is 6.35. The molecule has 2 aromatic rings. The largest absolute Gasteiger partial charge is 0.497 e. The van der Waals surface area contributed by atoms with Gasteiger partial charge < -0.3 is 10.1 Å². The molecule has 0 heterocycles. The van der Waals surface area contributed by atoms with Crippen molar-refractivity contribution >= 4 is 11.6 Å². The van der Waals surface area contributed by atoms with Gasteiger partial charge in [-0.2, -0.15) is 0 Å². The first-order valence-electron chi connectivity index (χ1n) is 8.16. The molecular formula is C19H20N2O4. The van der Waals surface area contributed by atoms with Crippen molar-refractivity contribution in [1.82, 2.24) is 5.32 Å². The Morgan fingerprint density at radius 3 is 2.24 bits per heavy atom. The maximum absolute atomic E-state index is 12.8. The number of carbonyl (C=O) groups is 1. The second-order valence-electron chi connectivity index (χ2n) is 6.35. The molecule has 2 aromatic carbocycles. The SMILES string of the molecule is COc1ccc([C@H](C)NC(=O)C2(c3ccc([N+](=O)[O-])cc3)CC2)cc1. The third-order valence-corrected chi connectivity index (χ3v) is 4.78. The maximum atomic E-state index is 12.8. The summed E-state index contributed by atoms with van der Waals surface area (Å²) >= 11 is 0. The van der Waals surface area contributed by atoms with Crippen LogP contribution in [0.4, 0.5) is 5.69 Å². The van der Waals surface area contributed by atoms with Crippen LogP contribution < -0.4 is 10.1 Å². The number of nitrogens with zero attached hydrogens (tertiary/aromatic N) is 1. The van der Waals surface area contributed by atoms with Gasteiger partial charge in [0.15, 0.2) is 0 Å². The average molecular weight is 340 g/mol. The van der Waals surface area contributed by atoms with Gasteiger partial charge in [0.2, 0.25) is 5.91 Å². The Bertz CT molecular complexity index is 780. The Hall–Kier alpha value is -2.89. The van der Waals surface area contributed by atoms with Crippen LogP contribution in [-0.4, -0.2) is 17.9 Å². The minimum absolute atomic E-state index is 0.0339. The normalized spacial score (nSPS) is 15.9. The molecule has 1 amide bonds. The highest BCUT2D eigenvalue weighted by Crippen LogP contribution is 2.49. The molecule has 1 aliphatic rings. The molecule has 1 aliphatic carbocycles. The zero-order valence-corrected chi connectivity index (χ0v) is 14.2. The standard InChI is InChI=1S/C19H20N2O4/c1-13(14-3-9-17(25-2)10-4-14)20-18(22)19(11-12-19)15-5-7-16(8-6-15)21(23)24/h3-10,13H,11-12H2,1-2H3,(H,20,22)/t13-/m0/s1. The number of nitrogens with one attached hydrogen (secondary N) is 1. The number of nitro benzene ring substituents is 1. The first kappa shape index (κ1) is 17.0. The van der Waals surface area contributed by atoms with Gasteiger partial charge in [-0.1, -0.05) is 24.3 Å². The lowest BCUT2D eigenvalue weighted by Gasteiger charge is -2.20. The Balaban J connectivity index is 1.72. The first-order valence-corrected chi connectivity index (χ1v) is 8.16. The van der Waals surface area contributed by atoms with Gasteiger partial charge in [-0.3, -0.25) is 14.9 Å². The minimum Gasteiger partial charge on any atom is -0.497 e. The van der Waals surface area contributed by atoms with Gasteiger partial charge in [-0.05, 0) is 43.0 Å². The lowest BCUT2D eigenvalue weighted by molar-refractivity contribution is -0.384. The highest BCUT2D eigenvalue weighted by atomic mass is 16.6. The van der Waals surface area contributed by atoms with Crippen LogP contribution in [0.1, 0.15) is 36.9 Å². The van der Waals surface area contributed by atoms with Crippen molar-refractivity contribution in [3.05, 3.63) is 69.8 Å². The van der Waals surface area contributed by atoms with E-state index in [1.807, 2.05) is 31.2 Å². The summed E-state index contributed by atoms with van der Waals surface area (Å²) in [5, 5.41) is 13.8. The summed E-state index contributed by atoms with van der Waals surface area (Å²) < 4.78 is 5.14. The van der Waals surface area contributed by atoms with Crippen molar-refractivity contribution in [2.24, 2.45) is 0 Å². The lowest BCUT2D eigenvalue weighted by Crippen LogP contribution is -2.36. The molecule has 0 unspecified atom stereocenters. The number of benzene rings is 2. The predicted octanol–water partition coefficient (Wildman–Crippen LogP) is 3.51. The third-order valence-electron chi connectivity index (χ3n) is 4.78. The second kappa shape index (κ2) is 6.55. The van der Waals surface area contributed by atoms with E-state index >= 15 is 0 Å². The van der Waals surface area contributed by atoms with E-state index in [1.165, 1.54) is 12.1 Å². The number of nitro groups is 1. The van der Waals surface area contributed by atoms with Gasteiger partial charge in [0, 0.05) is 12.1 Å². The van der Waals surface area contributed by atoms with Crippen molar-refractivity contribution in [2.45, 2.75) is 31.2 Å². The molecule has 0 saturated heterocycles. The molecule has 0 aromatic heterocycles. The van der Waals surface area contributed by atoms with Gasteiger partial charge >= 0.3 is 0 Å². The van der Waals surface area contributed by atoms with Gasteiger partial charge in [-0.15, -0.1) is 0 Å². The zero-order chi connectivity index (χ0) is 18.0. The van der Waals surface area contributed by atoms with E-state index in [0.29, 0.717) is 0 Å². The maximum Gasteiger partial charge on any atom is 0.269 e. The number of hydrogen-bond acceptors (Lipinski definition) is 4. The molecule has 1 N–H and O–H groups in total. The van der Waals surface area contributed by atoms with Gasteiger partial charge in [-0.25, -0.2) is 0 Å². The fraction of sp³-hybridized carbons (Fsp3) is 0.316. The molecule has 0 spiro atoms. The summed E-state index contributed by atoms with van der Waals surface area (Å²) in [4.78, 5) is 23.1. The number of amides is 1. The summed E-state index contributed by atoms with van der Waals surface area (Å²) in [6, 6.07) is 13.7. The monoisotopic (exact) mass is 340 g/mol. The summed E-state index contributed by atoms with van der Waals surface area (Å²) in [7, 11) is 1.61. The number of rotatable bonds is 6. The van der Waals surface area contributed by atoms with E-state index in [0.717, 1.165) is 29.7 Å². The fourth-order valence-corrected chi connectivity index (χ4v) is 2.98. The van der Waals surface area contributed by atoms with E-state index in [4.69, 9.17) is 4.74 Å². The van der Waals surface area contributed by atoms with Crippen LogP contribution >= 0.6 is 0 Å². The van der Waals surface area contributed by atoms with Crippen LogP contribution in [0.5, 0.6) is 5.75 Å². The minimum atomic E-state index is -0.560. The van der Waals surface area contributed by atoms with Gasteiger partial charge in [0.25, 0.3) is 5.69 Å². The molecule has 1 saturated carbocycles.